The molecule has 1 atom stereocenters. The molecule has 0 amide bonds. The molecule has 0 nitrogen and oxygen atoms in total. The number of hydrogen-bond donors (Lipinski definition) is 0. The largest absolute Gasteiger partial charge is 2.00 e. The molecule has 0 rings (SSSR count). The Kier molecular flexibility index (Phi) is 145. The Balaban J connectivity index is 0. The molecular weight excluding hydrogens is 323 g/mol. The first kappa shape index (κ1) is 31.8. The molecule has 0 aromatic rings. The van der Waals surface area contributed by atoms with E-state index in [1.54, 1.807) is 0 Å². The van der Waals surface area contributed by atoms with Gasteiger partial charge in [-0.1, -0.05) is 0 Å². The van der Waals surface area contributed by atoms with Gasteiger partial charge in [0.05, 0.1) is 0 Å². The second-order valence-corrected chi connectivity index (χ2v) is 0. The van der Waals surface area contributed by atoms with E-state index in [0.29, 0.717) is 0 Å². The Morgan fingerprint density at radius 2 is 1.20 bits per heavy atom. The molecule has 0 saturated heterocycles. The van der Waals surface area contributed by atoms with Crippen molar-refractivity contribution in [1.82, 2.24) is 0 Å². The van der Waals surface area contributed by atoms with Gasteiger partial charge in [-0.05, 0) is 0 Å². The Hall–Kier alpha value is 5.27. The van der Waals surface area contributed by atoms with E-state index in [4.69, 9.17) is 0 Å². The summed E-state index contributed by atoms with van der Waals surface area (Å²) in [4.78, 5) is 0. The predicted octanol–water partition coefficient (Wildman–Crippen LogP) is -1.59. The van der Waals surface area contributed by atoms with Crippen molar-refractivity contribution in [1.29, 1.82) is 0 Å². The third-order valence-electron chi connectivity index (χ3n) is 0. The number of hydrogen-bond acceptors (Lipinski definition) is 0. The van der Waals surface area contributed by atoms with Crippen molar-refractivity contribution < 1.29 is 8.56 Å². The van der Waals surface area contributed by atoms with Crippen molar-refractivity contribution in [2.45, 2.75) is 0 Å². The molecule has 0 aliphatic carbocycles. The molecule has 0 bridgehead atoms. The van der Waals surface area contributed by atoms with Gasteiger partial charge in [-0.3, -0.25) is 0 Å². The normalized spacial score (nSPS) is 0. The van der Waals surface area contributed by atoms with E-state index >= 15 is 0 Å². The third-order valence-corrected chi connectivity index (χ3v) is 0. The second kappa shape index (κ2) is 22.8. The molecule has 1 unspecified atom stereocenters. The van der Waals surface area contributed by atoms with Crippen molar-refractivity contribution in [2.75, 3.05) is 0 Å². The Bertz CT molecular complexity index is 22.5. The molecular formula is H12AlBaCaPSr. The molecule has 5 heavy (non-hydrogen) atoms. The molecule has 0 aliphatic rings. The van der Waals surface area contributed by atoms with Crippen LogP contribution in [0, 0.1) is 0 Å². The summed E-state index contributed by atoms with van der Waals surface area (Å²) in [7, 11) is 0. The molecule has 0 N–H and O–H groups in total. The van der Waals surface area contributed by atoms with Crippen LogP contribution in [0.4, 0.5) is 0 Å². The summed E-state index contributed by atoms with van der Waals surface area (Å²) in [5.74, 6) is 0. The predicted molar refractivity (Wildman–Crippen MR) is 45.0 cm³/mol. The minimum atomic E-state index is 0. The van der Waals surface area contributed by atoms with Gasteiger partial charge in [-0.15, -0.1) is 0 Å². The van der Waals surface area contributed by atoms with Gasteiger partial charge in [-0.2, -0.15) is 9.90 Å². The zero-order valence-corrected chi connectivity index (χ0v) is 14.4. The maximum atomic E-state index is 0. The van der Waals surface area contributed by atoms with Gasteiger partial charge in [-0.25, -0.2) is 0 Å². The van der Waals surface area contributed by atoms with Gasteiger partial charge in [0, 0.05) is 0 Å². The molecule has 0 spiro atoms. The molecule has 26 valence electrons. The molecule has 0 aliphatic heterocycles. The topological polar surface area (TPSA) is 0 Å². The minimum Gasteiger partial charge on any atom is -1.00 e. The minimum absolute atomic E-state index is 0. The standard InChI is InChI=1S/Al.Ba.Ca.H3P.Sr.9H/h;;;1H3;;;;;;;;;;/q;2*+2;;+2;;;;6*-1. The van der Waals surface area contributed by atoms with Crippen LogP contribution in [0.1, 0.15) is 8.56 Å². The van der Waals surface area contributed by atoms with Crippen LogP contribution in [0.5, 0.6) is 0 Å². The summed E-state index contributed by atoms with van der Waals surface area (Å²) in [5.41, 5.74) is 0. The van der Waals surface area contributed by atoms with Crippen molar-refractivity contribution in [3.63, 3.8) is 0 Å². The van der Waals surface area contributed by atoms with Gasteiger partial charge in [0.2, 0.25) is 0 Å². The molecule has 0 fully saturated rings. The molecule has 0 saturated carbocycles. The third kappa shape index (κ3) is 17.6. The average Bonchev–Trinajstić information content (AvgIpc) is 0. The number of rotatable bonds is 0. The molecule has 0 aromatic carbocycles. The second-order valence-electron chi connectivity index (χ2n) is 0. The summed E-state index contributed by atoms with van der Waals surface area (Å²) in [6.45, 7) is 0. The van der Waals surface area contributed by atoms with Crippen LogP contribution in [0.2, 0.25) is 0 Å². The SMILES string of the molecule is P.[AlH3].[Ba+2].[Ca+2].[H-].[H-].[H-].[H-].[H-].[H-].[Sr+2]. The van der Waals surface area contributed by atoms with Crippen LogP contribution in [0.25, 0.3) is 0 Å². The van der Waals surface area contributed by atoms with E-state index in [1.165, 1.54) is 0 Å². The summed E-state index contributed by atoms with van der Waals surface area (Å²) in [6.07, 6.45) is 0. The summed E-state index contributed by atoms with van der Waals surface area (Å²) >= 11 is 0. The first-order valence-electron chi connectivity index (χ1n) is 0. The fourth-order valence-corrected chi connectivity index (χ4v) is 0. The Labute approximate surface area is 163 Å². The van der Waals surface area contributed by atoms with Crippen molar-refractivity contribution in [2.24, 2.45) is 0 Å². The first-order valence-corrected chi connectivity index (χ1v) is 0. The van der Waals surface area contributed by atoms with Crippen LogP contribution in [0.15, 0.2) is 0 Å². The monoisotopic (exact) mass is 336 g/mol. The van der Waals surface area contributed by atoms with Crippen LogP contribution in [0.3, 0.4) is 0 Å². The fraction of sp³-hybridized carbons (Fsp3) is 0. The Morgan fingerprint density at radius 3 is 1.20 bits per heavy atom. The van der Waals surface area contributed by atoms with Crippen molar-refractivity contribution in [3.05, 3.63) is 0 Å². The van der Waals surface area contributed by atoms with E-state index < -0.39 is 0 Å². The van der Waals surface area contributed by atoms with Crippen LogP contribution in [-0.4, -0.2) is 149 Å². The van der Waals surface area contributed by atoms with E-state index in [-0.39, 0.29) is 168 Å². The van der Waals surface area contributed by atoms with Crippen LogP contribution < -0.4 is 0 Å². The van der Waals surface area contributed by atoms with Crippen LogP contribution >= 0.6 is 9.90 Å². The van der Waals surface area contributed by atoms with Gasteiger partial charge in [0.15, 0.2) is 17.4 Å². The van der Waals surface area contributed by atoms with Crippen molar-refractivity contribution >= 4 is 159 Å². The average molecular weight is 335 g/mol. The van der Waals surface area contributed by atoms with E-state index in [0.717, 1.165) is 0 Å². The quantitative estimate of drug-likeness (QED) is 0.370. The maximum absolute atomic E-state index is 0. The maximum Gasteiger partial charge on any atom is 2.00 e. The van der Waals surface area contributed by atoms with Crippen LogP contribution in [-0.2, 0) is 0 Å². The van der Waals surface area contributed by atoms with Gasteiger partial charge < -0.3 is 8.56 Å². The molecule has 0 heterocycles. The first-order chi connectivity index (χ1) is 0. The van der Waals surface area contributed by atoms with E-state index in [1.807, 2.05) is 0 Å². The molecule has 5 heteroatoms. The summed E-state index contributed by atoms with van der Waals surface area (Å²) < 4.78 is 0. The summed E-state index contributed by atoms with van der Waals surface area (Å²) in [6, 6.07) is 0. The zero-order chi connectivity index (χ0) is 0. The van der Waals surface area contributed by atoms with Gasteiger partial charge >= 0.3 is 132 Å². The smallest absolute Gasteiger partial charge is 1.00 e. The molecule has 0 radical (unpaired) electrons. The van der Waals surface area contributed by atoms with Gasteiger partial charge in [0.25, 0.3) is 0 Å². The molecule has 0 aromatic heterocycles. The summed E-state index contributed by atoms with van der Waals surface area (Å²) in [5, 5.41) is 0. The van der Waals surface area contributed by atoms with Crippen molar-refractivity contribution in [3.8, 4) is 0 Å². The van der Waals surface area contributed by atoms with E-state index in [2.05, 4.69) is 0 Å². The Morgan fingerprint density at radius 1 is 1.20 bits per heavy atom. The van der Waals surface area contributed by atoms with Gasteiger partial charge in [0.1, 0.15) is 0 Å². The zero-order valence-electron chi connectivity index (χ0n) is 8.83. The fourth-order valence-electron chi connectivity index (χ4n) is 0. The van der Waals surface area contributed by atoms with E-state index in [9.17, 15) is 0 Å².